The number of hydrogen-bond acceptors (Lipinski definition) is 0. The van der Waals surface area contributed by atoms with Crippen molar-refractivity contribution >= 4 is 11.0 Å². The van der Waals surface area contributed by atoms with Crippen LogP contribution in [0.2, 0.25) is 0 Å². The van der Waals surface area contributed by atoms with E-state index in [-0.39, 0.29) is 5.82 Å². The molecule has 0 saturated carbocycles. The van der Waals surface area contributed by atoms with Crippen LogP contribution in [0, 0.1) is 5.82 Å². The molecule has 3 heteroatoms. The highest BCUT2D eigenvalue weighted by molar-refractivity contribution is 5.80. The zero-order valence-corrected chi connectivity index (χ0v) is 17.8. The number of halogens is 1. The Morgan fingerprint density at radius 2 is 1.34 bits per heavy atom. The molecule has 0 aliphatic carbocycles. The first-order valence-corrected chi connectivity index (χ1v) is 10.3. The lowest BCUT2D eigenvalue weighted by Gasteiger charge is -2.18. The maximum absolute atomic E-state index is 13.7. The third kappa shape index (κ3) is 3.25. The minimum atomic E-state index is -0.218. The summed E-state index contributed by atoms with van der Waals surface area (Å²) < 4.78 is 18.2. The molecule has 0 aliphatic rings. The van der Waals surface area contributed by atoms with Crippen LogP contribution in [-0.2, 0) is 7.05 Å². The predicted octanol–water partition coefficient (Wildman–Crippen LogP) is 6.51. The lowest BCUT2D eigenvalue weighted by Crippen LogP contribution is -2.30. The van der Waals surface area contributed by atoms with E-state index >= 15 is 0 Å². The lowest BCUT2D eigenvalue weighted by molar-refractivity contribution is -0.633. The van der Waals surface area contributed by atoms with Gasteiger partial charge in [0, 0.05) is 11.1 Å². The summed E-state index contributed by atoms with van der Waals surface area (Å²) in [6.45, 7) is 8.97. The Morgan fingerprint density at radius 1 is 0.759 bits per heavy atom. The maximum Gasteiger partial charge on any atom is 0.294 e. The molecule has 0 fully saturated rings. The molecule has 29 heavy (non-hydrogen) atoms. The van der Waals surface area contributed by atoms with Crippen LogP contribution in [0.15, 0.2) is 66.7 Å². The average Bonchev–Trinajstić information content (AvgIpc) is 3.00. The summed E-state index contributed by atoms with van der Waals surface area (Å²) in [6, 6.07) is 21.9. The normalized spacial score (nSPS) is 11.7. The second-order valence-corrected chi connectivity index (χ2v) is 8.31. The fraction of sp³-hybridized carbons (Fsp3) is 0.269. The molecule has 3 aromatic carbocycles. The van der Waals surface area contributed by atoms with Gasteiger partial charge >= 0.3 is 0 Å². The van der Waals surface area contributed by atoms with Crippen LogP contribution in [0.3, 0.4) is 0 Å². The SMILES string of the molecule is CC(C)c1cccc(C(C)C)c1-n1c(-c2ccc(F)cc2)[n+](C)c2ccccc21. The molecule has 0 N–H and O–H groups in total. The number of aromatic nitrogens is 2. The minimum absolute atomic E-state index is 0.218. The molecule has 2 nitrogen and oxygen atoms in total. The van der Waals surface area contributed by atoms with Gasteiger partial charge in [-0.15, -0.1) is 0 Å². The monoisotopic (exact) mass is 387 g/mol. The van der Waals surface area contributed by atoms with Crippen molar-refractivity contribution in [1.82, 2.24) is 4.57 Å². The number of rotatable bonds is 4. The van der Waals surface area contributed by atoms with Gasteiger partial charge < -0.3 is 0 Å². The second kappa shape index (κ2) is 7.47. The van der Waals surface area contributed by atoms with Gasteiger partial charge in [-0.3, -0.25) is 0 Å². The van der Waals surface area contributed by atoms with Gasteiger partial charge in [0.15, 0.2) is 11.0 Å². The van der Waals surface area contributed by atoms with Gasteiger partial charge in [-0.25, -0.2) is 8.96 Å². The van der Waals surface area contributed by atoms with E-state index in [1.165, 1.54) is 28.9 Å². The molecule has 148 valence electrons. The van der Waals surface area contributed by atoms with E-state index in [2.05, 4.69) is 86.3 Å². The topological polar surface area (TPSA) is 8.81 Å². The Balaban J connectivity index is 2.18. The molecule has 4 aromatic rings. The van der Waals surface area contributed by atoms with Crippen LogP contribution in [0.25, 0.3) is 28.1 Å². The number of benzene rings is 3. The summed E-state index contributed by atoms with van der Waals surface area (Å²) in [4.78, 5) is 0. The predicted molar refractivity (Wildman–Crippen MR) is 118 cm³/mol. The van der Waals surface area contributed by atoms with Crippen LogP contribution in [0.4, 0.5) is 4.39 Å². The van der Waals surface area contributed by atoms with Gasteiger partial charge in [0.25, 0.3) is 5.82 Å². The molecule has 0 aliphatic heterocycles. The van der Waals surface area contributed by atoms with E-state index in [0.717, 1.165) is 22.4 Å². The van der Waals surface area contributed by atoms with Crippen LogP contribution < -0.4 is 4.57 Å². The smallest absolute Gasteiger partial charge is 0.225 e. The Bertz CT molecular complexity index is 1140. The van der Waals surface area contributed by atoms with E-state index in [9.17, 15) is 4.39 Å². The van der Waals surface area contributed by atoms with E-state index in [4.69, 9.17) is 0 Å². The first kappa shape index (κ1) is 19.4. The number of para-hydroxylation sites is 3. The lowest BCUT2D eigenvalue weighted by atomic mass is 9.92. The summed E-state index contributed by atoms with van der Waals surface area (Å²) in [7, 11) is 2.09. The molecule has 4 rings (SSSR count). The van der Waals surface area contributed by atoms with Crippen molar-refractivity contribution in [2.24, 2.45) is 7.05 Å². The summed E-state index contributed by atoms with van der Waals surface area (Å²) in [5.41, 5.74) is 7.19. The first-order chi connectivity index (χ1) is 13.9. The number of fused-ring (bicyclic) bond motifs is 1. The third-order valence-electron chi connectivity index (χ3n) is 5.68. The van der Waals surface area contributed by atoms with Gasteiger partial charge in [-0.2, -0.15) is 4.57 Å². The molecule has 0 atom stereocenters. The van der Waals surface area contributed by atoms with Gasteiger partial charge in [-0.05, 0) is 48.2 Å². The highest BCUT2D eigenvalue weighted by atomic mass is 19.1. The van der Waals surface area contributed by atoms with Gasteiger partial charge in [-0.1, -0.05) is 58.0 Å². The molecule has 0 amide bonds. The van der Waals surface area contributed by atoms with Crippen molar-refractivity contribution in [3.05, 3.63) is 83.7 Å². The fourth-order valence-electron chi connectivity index (χ4n) is 4.23. The molecule has 0 saturated heterocycles. The second-order valence-electron chi connectivity index (χ2n) is 8.31. The van der Waals surface area contributed by atoms with Gasteiger partial charge in [0.1, 0.15) is 11.5 Å². The Morgan fingerprint density at radius 3 is 1.93 bits per heavy atom. The number of aryl methyl sites for hydroxylation is 1. The van der Waals surface area contributed by atoms with E-state index in [1.54, 1.807) is 0 Å². The van der Waals surface area contributed by atoms with Crippen molar-refractivity contribution in [2.45, 2.75) is 39.5 Å². The van der Waals surface area contributed by atoms with Crippen molar-refractivity contribution in [3.8, 4) is 17.1 Å². The molecular formula is C26H28FN2+. The molecule has 0 unspecified atom stereocenters. The van der Waals surface area contributed by atoms with Crippen molar-refractivity contribution in [1.29, 1.82) is 0 Å². The Hall–Kier alpha value is -2.94. The van der Waals surface area contributed by atoms with Crippen LogP contribution in [0.1, 0.15) is 50.7 Å². The van der Waals surface area contributed by atoms with E-state index in [0.29, 0.717) is 11.8 Å². The van der Waals surface area contributed by atoms with E-state index in [1.807, 2.05) is 12.1 Å². The molecule has 0 radical (unpaired) electrons. The summed E-state index contributed by atoms with van der Waals surface area (Å²) in [5, 5.41) is 0. The molecular weight excluding hydrogens is 359 g/mol. The van der Waals surface area contributed by atoms with Crippen LogP contribution in [-0.4, -0.2) is 4.57 Å². The highest BCUT2D eigenvalue weighted by Crippen LogP contribution is 2.36. The molecule has 1 heterocycles. The van der Waals surface area contributed by atoms with Crippen LogP contribution >= 0.6 is 0 Å². The Labute approximate surface area is 172 Å². The molecule has 1 aromatic heterocycles. The van der Waals surface area contributed by atoms with Crippen molar-refractivity contribution in [2.75, 3.05) is 0 Å². The first-order valence-electron chi connectivity index (χ1n) is 10.3. The fourth-order valence-corrected chi connectivity index (χ4v) is 4.23. The molecule has 0 bridgehead atoms. The Kier molecular flexibility index (Phi) is 4.99. The minimum Gasteiger partial charge on any atom is -0.225 e. The summed E-state index contributed by atoms with van der Waals surface area (Å²) >= 11 is 0. The van der Waals surface area contributed by atoms with Crippen molar-refractivity contribution < 1.29 is 8.96 Å². The summed E-state index contributed by atoms with van der Waals surface area (Å²) in [6.07, 6.45) is 0. The van der Waals surface area contributed by atoms with Gasteiger partial charge in [0.2, 0.25) is 0 Å². The largest absolute Gasteiger partial charge is 0.294 e. The third-order valence-corrected chi connectivity index (χ3v) is 5.68. The standard InChI is InChI=1S/C26H28FN2/c1-17(2)21-9-8-10-22(18(3)4)25(21)29-24-12-7-6-11-23(24)28(5)26(29)19-13-15-20(27)16-14-19/h6-18H,1-5H3/q+1. The molecule has 0 spiro atoms. The van der Waals surface area contributed by atoms with E-state index < -0.39 is 0 Å². The van der Waals surface area contributed by atoms with Crippen molar-refractivity contribution in [3.63, 3.8) is 0 Å². The quantitative estimate of drug-likeness (QED) is 0.353. The zero-order chi connectivity index (χ0) is 20.7. The number of imidazole rings is 1. The highest BCUT2D eigenvalue weighted by Gasteiger charge is 2.30. The zero-order valence-electron chi connectivity index (χ0n) is 17.8. The van der Waals surface area contributed by atoms with Gasteiger partial charge in [0.05, 0.1) is 12.6 Å². The summed E-state index contributed by atoms with van der Waals surface area (Å²) in [5.74, 6) is 1.61. The number of nitrogens with zero attached hydrogens (tertiary/aromatic N) is 2. The average molecular weight is 388 g/mol. The maximum atomic E-state index is 13.7. The van der Waals surface area contributed by atoms with Crippen LogP contribution in [0.5, 0.6) is 0 Å². The number of hydrogen-bond donors (Lipinski definition) is 0.